The molecule has 6 nitrogen and oxygen atoms in total. The normalized spacial score (nSPS) is 17.5. The molecule has 186 valence electrons. The molecule has 6 heteroatoms. The Hall–Kier alpha value is -3.82. The van der Waals surface area contributed by atoms with Gasteiger partial charge < -0.3 is 20.3 Å². The zero-order chi connectivity index (χ0) is 25.3. The predicted octanol–water partition coefficient (Wildman–Crippen LogP) is 5.86. The van der Waals surface area contributed by atoms with E-state index >= 15 is 0 Å². The number of allylic oxidation sites excluding steroid dienone is 1. The topological polar surface area (TPSA) is 62.3 Å². The minimum atomic E-state index is 0.350. The van der Waals surface area contributed by atoms with Gasteiger partial charge in [-0.1, -0.05) is 42.3 Å². The Kier molecular flexibility index (Phi) is 8.59. The molecule has 0 atom stereocenters. The van der Waals surface area contributed by atoms with Crippen molar-refractivity contribution in [1.82, 2.24) is 15.3 Å². The van der Waals surface area contributed by atoms with Crippen molar-refractivity contribution < 1.29 is 4.74 Å². The number of aromatic nitrogens is 2. The Labute approximate surface area is 214 Å². The van der Waals surface area contributed by atoms with Crippen LogP contribution in [0, 0.1) is 12.3 Å². The lowest BCUT2D eigenvalue weighted by molar-refractivity contribution is 0.352. The van der Waals surface area contributed by atoms with Gasteiger partial charge in [-0.2, -0.15) is 4.98 Å². The van der Waals surface area contributed by atoms with Gasteiger partial charge in [-0.05, 0) is 68.5 Å². The first-order chi connectivity index (χ1) is 17.6. The number of hydrogen-bond acceptors (Lipinski definition) is 6. The molecule has 2 aromatic carbocycles. The summed E-state index contributed by atoms with van der Waals surface area (Å²) in [6.07, 6.45) is 14.0. The van der Waals surface area contributed by atoms with Crippen molar-refractivity contribution >= 4 is 17.8 Å². The van der Waals surface area contributed by atoms with E-state index in [1.54, 1.807) is 0 Å². The van der Waals surface area contributed by atoms with Crippen LogP contribution >= 0.6 is 0 Å². The number of ether oxygens (including phenoxy) is 1. The first kappa shape index (κ1) is 25.3. The second-order valence-electron chi connectivity index (χ2n) is 9.30. The van der Waals surface area contributed by atoms with Crippen LogP contribution in [0.4, 0.5) is 11.8 Å². The second-order valence-corrected chi connectivity index (χ2v) is 9.30. The molecule has 1 aromatic heterocycles. The summed E-state index contributed by atoms with van der Waals surface area (Å²) in [5.74, 6) is 5.85. The number of terminal acetylenes is 1. The molecule has 36 heavy (non-hydrogen) atoms. The molecule has 1 aliphatic rings. The van der Waals surface area contributed by atoms with Crippen LogP contribution in [-0.4, -0.2) is 36.1 Å². The fraction of sp³-hybridized carbons (Fsp3) is 0.333. The molecule has 0 unspecified atom stereocenters. The van der Waals surface area contributed by atoms with E-state index in [-0.39, 0.29) is 0 Å². The van der Waals surface area contributed by atoms with Gasteiger partial charge in [0.2, 0.25) is 5.95 Å². The third kappa shape index (κ3) is 6.65. The number of nitrogens with one attached hydrogen (secondary N) is 2. The van der Waals surface area contributed by atoms with Crippen molar-refractivity contribution in [2.75, 3.05) is 24.3 Å². The highest BCUT2D eigenvalue weighted by molar-refractivity contribution is 5.67. The van der Waals surface area contributed by atoms with Gasteiger partial charge in [-0.25, -0.2) is 4.98 Å². The maximum Gasteiger partial charge on any atom is 0.225 e. The molecular formula is C30H35N5O. The minimum absolute atomic E-state index is 0.350. The Balaban J connectivity index is 1.27. The summed E-state index contributed by atoms with van der Waals surface area (Å²) in [5, 5.41) is 7.27. The molecular weight excluding hydrogens is 446 g/mol. The Morgan fingerprint density at radius 3 is 2.28 bits per heavy atom. The number of nitrogens with zero attached hydrogens (tertiary/aromatic N) is 3. The van der Waals surface area contributed by atoms with Gasteiger partial charge in [0.1, 0.15) is 17.3 Å². The molecule has 1 fully saturated rings. The lowest BCUT2D eigenvalue weighted by atomic mass is 9.91. The molecule has 0 bridgehead atoms. The summed E-state index contributed by atoms with van der Waals surface area (Å²) >= 11 is 0. The molecule has 0 amide bonds. The first-order valence-electron chi connectivity index (χ1n) is 12.6. The van der Waals surface area contributed by atoms with Crippen LogP contribution in [0.5, 0.6) is 11.5 Å². The quantitative estimate of drug-likeness (QED) is 0.373. The Morgan fingerprint density at radius 2 is 1.64 bits per heavy atom. The van der Waals surface area contributed by atoms with Crippen LogP contribution in [0.3, 0.4) is 0 Å². The molecule has 1 heterocycles. The lowest BCUT2D eigenvalue weighted by Crippen LogP contribution is -2.37. The van der Waals surface area contributed by atoms with E-state index in [9.17, 15) is 0 Å². The largest absolute Gasteiger partial charge is 0.457 e. The molecule has 0 radical (unpaired) electrons. The molecule has 3 aromatic rings. The highest BCUT2D eigenvalue weighted by Crippen LogP contribution is 2.26. The molecule has 0 saturated heterocycles. The SMILES string of the molecule is C#Cc1c(/C=C\C)nc(NC2CCC(NCc3ccc(Oc4ccccc4)cc3)CC2)nc1N(C)C. The van der Waals surface area contributed by atoms with Crippen molar-refractivity contribution in [2.24, 2.45) is 0 Å². The fourth-order valence-electron chi connectivity index (χ4n) is 4.46. The van der Waals surface area contributed by atoms with Crippen LogP contribution in [0.25, 0.3) is 6.08 Å². The zero-order valence-electron chi connectivity index (χ0n) is 21.4. The molecule has 0 aliphatic heterocycles. The van der Waals surface area contributed by atoms with Crippen molar-refractivity contribution in [2.45, 2.75) is 51.2 Å². The van der Waals surface area contributed by atoms with E-state index in [0.717, 1.165) is 60.8 Å². The molecule has 2 N–H and O–H groups in total. The Bertz CT molecular complexity index is 1190. The average molecular weight is 482 g/mol. The monoisotopic (exact) mass is 481 g/mol. The summed E-state index contributed by atoms with van der Waals surface area (Å²) in [5.41, 5.74) is 2.75. The summed E-state index contributed by atoms with van der Waals surface area (Å²) in [4.78, 5) is 11.3. The van der Waals surface area contributed by atoms with Gasteiger partial charge >= 0.3 is 0 Å². The van der Waals surface area contributed by atoms with Gasteiger partial charge in [0.25, 0.3) is 0 Å². The average Bonchev–Trinajstić information content (AvgIpc) is 2.89. The van der Waals surface area contributed by atoms with Crippen LogP contribution in [-0.2, 0) is 6.54 Å². The summed E-state index contributed by atoms with van der Waals surface area (Å²) in [6, 6.07) is 19.0. The minimum Gasteiger partial charge on any atom is -0.457 e. The standard InChI is InChI=1S/C30H35N5O/c1-5-10-28-27(6-2)29(35(3)4)34-30(33-28)32-24-17-15-23(16-18-24)31-21-22-13-19-26(20-14-22)36-25-11-8-7-9-12-25/h2,5,7-14,19-20,23-24,31H,15-18,21H2,1,3-4H3,(H,32,33,34)/b10-5-. The van der Waals surface area contributed by atoms with Gasteiger partial charge in [-0.15, -0.1) is 6.42 Å². The van der Waals surface area contributed by atoms with Crippen LogP contribution in [0.15, 0.2) is 60.7 Å². The number of benzene rings is 2. The Morgan fingerprint density at radius 1 is 0.972 bits per heavy atom. The smallest absolute Gasteiger partial charge is 0.225 e. The first-order valence-corrected chi connectivity index (χ1v) is 12.6. The highest BCUT2D eigenvalue weighted by atomic mass is 16.5. The van der Waals surface area contributed by atoms with E-state index in [1.807, 2.05) is 80.5 Å². The van der Waals surface area contributed by atoms with Crippen molar-refractivity contribution in [3.63, 3.8) is 0 Å². The van der Waals surface area contributed by atoms with E-state index in [0.29, 0.717) is 18.0 Å². The molecule has 4 rings (SSSR count). The third-order valence-electron chi connectivity index (χ3n) is 6.37. The van der Waals surface area contributed by atoms with Gasteiger partial charge in [0, 0.05) is 32.7 Å². The molecule has 0 spiro atoms. The highest BCUT2D eigenvalue weighted by Gasteiger charge is 2.22. The summed E-state index contributed by atoms with van der Waals surface area (Å²) in [7, 11) is 3.90. The second kappa shape index (κ2) is 12.2. The predicted molar refractivity (Wildman–Crippen MR) is 148 cm³/mol. The van der Waals surface area contributed by atoms with Crippen LogP contribution in [0.1, 0.15) is 49.4 Å². The number of hydrogen-bond donors (Lipinski definition) is 2. The van der Waals surface area contributed by atoms with Gasteiger partial charge in [0.15, 0.2) is 0 Å². The van der Waals surface area contributed by atoms with Crippen molar-refractivity contribution in [1.29, 1.82) is 0 Å². The summed E-state index contributed by atoms with van der Waals surface area (Å²) < 4.78 is 5.89. The maximum absolute atomic E-state index is 5.89. The van der Waals surface area contributed by atoms with Gasteiger partial charge in [0.05, 0.1) is 11.3 Å². The zero-order valence-corrected chi connectivity index (χ0v) is 21.4. The molecule has 1 saturated carbocycles. The summed E-state index contributed by atoms with van der Waals surface area (Å²) in [6.45, 7) is 2.82. The maximum atomic E-state index is 5.89. The number of anilines is 2. The van der Waals surface area contributed by atoms with Gasteiger partial charge in [-0.3, -0.25) is 0 Å². The number of para-hydroxylation sites is 1. The molecule has 1 aliphatic carbocycles. The van der Waals surface area contributed by atoms with Crippen LogP contribution in [0.2, 0.25) is 0 Å². The van der Waals surface area contributed by atoms with E-state index in [2.05, 4.69) is 28.7 Å². The van der Waals surface area contributed by atoms with Crippen LogP contribution < -0.4 is 20.3 Å². The lowest BCUT2D eigenvalue weighted by Gasteiger charge is -2.30. The van der Waals surface area contributed by atoms with Crippen molar-refractivity contribution in [3.8, 4) is 23.8 Å². The number of rotatable bonds is 9. The van der Waals surface area contributed by atoms with Crippen molar-refractivity contribution in [3.05, 3.63) is 77.5 Å². The third-order valence-corrected chi connectivity index (χ3v) is 6.37. The van der Waals surface area contributed by atoms with E-state index < -0.39 is 0 Å². The van der Waals surface area contributed by atoms with E-state index in [1.165, 1.54) is 5.56 Å². The fourth-order valence-corrected chi connectivity index (χ4v) is 4.46. The van der Waals surface area contributed by atoms with E-state index in [4.69, 9.17) is 21.1 Å².